The number of aryl methyl sites for hydroxylation is 1. The molecule has 0 spiro atoms. The molecule has 1 fully saturated rings. The van der Waals surface area contributed by atoms with Gasteiger partial charge in [0.15, 0.2) is 0 Å². The van der Waals surface area contributed by atoms with E-state index < -0.39 is 17.2 Å². The van der Waals surface area contributed by atoms with E-state index in [1.807, 2.05) is 91.9 Å². The number of amides is 2. The molecule has 0 unspecified atom stereocenters. The van der Waals surface area contributed by atoms with Crippen molar-refractivity contribution in [1.82, 2.24) is 15.8 Å². The first-order chi connectivity index (χ1) is 18.5. The van der Waals surface area contributed by atoms with Crippen LogP contribution in [0.15, 0.2) is 84.9 Å². The summed E-state index contributed by atoms with van der Waals surface area (Å²) in [5, 5.41) is 13.2. The van der Waals surface area contributed by atoms with Crippen molar-refractivity contribution in [1.29, 1.82) is 0 Å². The highest BCUT2D eigenvalue weighted by Crippen LogP contribution is 2.55. The molecule has 38 heavy (non-hydrogen) atoms. The van der Waals surface area contributed by atoms with E-state index in [-0.39, 0.29) is 5.91 Å². The van der Waals surface area contributed by atoms with Gasteiger partial charge in [0.2, 0.25) is 11.8 Å². The van der Waals surface area contributed by atoms with E-state index in [1.165, 1.54) is 0 Å². The summed E-state index contributed by atoms with van der Waals surface area (Å²) < 4.78 is 6.07. The molecule has 2 amide bonds. The van der Waals surface area contributed by atoms with Gasteiger partial charge in [0.25, 0.3) is 0 Å². The van der Waals surface area contributed by atoms with Crippen molar-refractivity contribution >= 4 is 22.7 Å². The normalized spacial score (nSPS) is 18.1. The molecular weight excluding hydrogens is 478 g/mol. The summed E-state index contributed by atoms with van der Waals surface area (Å²) in [6, 6.07) is 27.6. The minimum atomic E-state index is -0.876. The van der Waals surface area contributed by atoms with Crippen molar-refractivity contribution in [2.24, 2.45) is 11.3 Å². The van der Waals surface area contributed by atoms with Crippen LogP contribution in [0.3, 0.4) is 0 Å². The Balaban J connectivity index is 1.23. The van der Waals surface area contributed by atoms with E-state index in [9.17, 15) is 14.8 Å². The van der Waals surface area contributed by atoms with Gasteiger partial charge < -0.3 is 10.1 Å². The molecule has 7 nitrogen and oxygen atoms in total. The van der Waals surface area contributed by atoms with Crippen LogP contribution in [0.1, 0.15) is 28.8 Å². The molecule has 194 valence electrons. The van der Waals surface area contributed by atoms with Crippen LogP contribution in [0, 0.1) is 18.3 Å². The summed E-state index contributed by atoms with van der Waals surface area (Å²) in [7, 11) is 0. The molecule has 1 aromatic heterocycles. The fourth-order valence-electron chi connectivity index (χ4n) is 5.14. The lowest BCUT2D eigenvalue weighted by Crippen LogP contribution is -2.38. The predicted octanol–water partition coefficient (Wildman–Crippen LogP) is 4.54. The van der Waals surface area contributed by atoms with Crippen LogP contribution in [-0.4, -0.2) is 28.6 Å². The average molecular weight is 510 g/mol. The molecule has 1 aliphatic rings. The molecule has 0 radical (unpaired) electrons. The molecule has 2 atom stereocenters. The van der Waals surface area contributed by atoms with E-state index in [1.54, 1.807) is 5.48 Å². The number of fused-ring (bicyclic) bond motifs is 1. The van der Waals surface area contributed by atoms with Crippen molar-refractivity contribution in [3.8, 4) is 5.75 Å². The molecule has 3 aromatic carbocycles. The standard InChI is InChI=1S/C31H31N3O4/c1-21-17-24(26-9-5-6-10-28(26)33-21)20-38-25-13-11-23(12-14-25)18-31(19-27(31)29(35)34-37)30(36)32-16-15-22-7-3-2-4-8-22/h2-14,17,27,37H,15-16,18-20H2,1H3,(H,32,36)(H,34,35)/t27-,31+/m1/s1. The predicted molar refractivity (Wildman–Crippen MR) is 145 cm³/mol. The fraction of sp³-hybridized carbons (Fsp3) is 0.258. The second kappa shape index (κ2) is 11.0. The number of benzene rings is 3. The summed E-state index contributed by atoms with van der Waals surface area (Å²) in [6.07, 6.45) is 1.50. The summed E-state index contributed by atoms with van der Waals surface area (Å²) in [4.78, 5) is 30.0. The third-order valence-electron chi connectivity index (χ3n) is 7.26. The second-order valence-corrected chi connectivity index (χ2v) is 9.93. The maximum atomic E-state index is 13.2. The topological polar surface area (TPSA) is 101 Å². The monoisotopic (exact) mass is 509 g/mol. The highest BCUT2D eigenvalue weighted by Gasteiger charge is 2.63. The SMILES string of the molecule is Cc1cc(COc2ccc(C[C@]3(C(=O)NCCc4ccccc4)C[C@@H]3C(=O)NO)cc2)c2ccccc2n1. The highest BCUT2D eigenvalue weighted by molar-refractivity contribution is 5.95. The van der Waals surface area contributed by atoms with Gasteiger partial charge in [-0.1, -0.05) is 60.7 Å². The third kappa shape index (κ3) is 5.53. The molecule has 0 bridgehead atoms. The molecule has 3 N–H and O–H groups in total. The van der Waals surface area contributed by atoms with Gasteiger partial charge in [-0.05, 0) is 61.6 Å². The fourth-order valence-corrected chi connectivity index (χ4v) is 5.14. The molecule has 1 aliphatic carbocycles. The van der Waals surface area contributed by atoms with Crippen molar-refractivity contribution in [3.63, 3.8) is 0 Å². The van der Waals surface area contributed by atoms with Crippen LogP contribution in [-0.2, 0) is 29.0 Å². The molecule has 1 saturated carbocycles. The third-order valence-corrected chi connectivity index (χ3v) is 7.26. The molecule has 0 saturated heterocycles. The minimum absolute atomic E-state index is 0.165. The lowest BCUT2D eigenvalue weighted by molar-refractivity contribution is -0.135. The van der Waals surface area contributed by atoms with Crippen molar-refractivity contribution in [2.45, 2.75) is 32.8 Å². The van der Waals surface area contributed by atoms with Gasteiger partial charge in [0.1, 0.15) is 12.4 Å². The van der Waals surface area contributed by atoms with Crippen LogP contribution < -0.4 is 15.5 Å². The zero-order valence-electron chi connectivity index (χ0n) is 21.3. The first-order valence-electron chi connectivity index (χ1n) is 12.8. The van der Waals surface area contributed by atoms with Crippen molar-refractivity contribution < 1.29 is 19.5 Å². The number of hydrogen-bond donors (Lipinski definition) is 3. The molecule has 5 rings (SSSR count). The Bertz CT molecular complexity index is 1440. The van der Waals surface area contributed by atoms with E-state index >= 15 is 0 Å². The number of para-hydroxylation sites is 1. The maximum Gasteiger partial charge on any atom is 0.247 e. The van der Waals surface area contributed by atoms with Crippen LogP contribution in [0.25, 0.3) is 10.9 Å². The number of aromatic nitrogens is 1. The molecular formula is C31H31N3O4. The number of carbonyl (C=O) groups is 2. The lowest BCUT2D eigenvalue weighted by Gasteiger charge is -2.18. The Labute approximate surface area is 221 Å². The van der Waals surface area contributed by atoms with Crippen LogP contribution in [0.5, 0.6) is 5.75 Å². The Morgan fingerprint density at radius 1 is 1.00 bits per heavy atom. The molecule has 7 heteroatoms. The number of nitrogens with zero attached hydrogens (tertiary/aromatic N) is 1. The van der Waals surface area contributed by atoms with Gasteiger partial charge in [-0.3, -0.25) is 19.8 Å². The Morgan fingerprint density at radius 3 is 2.50 bits per heavy atom. The summed E-state index contributed by atoms with van der Waals surface area (Å²) in [5.41, 5.74) is 5.85. The lowest BCUT2D eigenvalue weighted by atomic mass is 9.92. The Morgan fingerprint density at radius 2 is 1.74 bits per heavy atom. The van der Waals surface area contributed by atoms with Gasteiger partial charge in [0.05, 0.1) is 16.8 Å². The van der Waals surface area contributed by atoms with Crippen LogP contribution in [0.2, 0.25) is 0 Å². The number of hydrogen-bond acceptors (Lipinski definition) is 5. The van der Waals surface area contributed by atoms with Gasteiger partial charge in [-0.15, -0.1) is 0 Å². The van der Waals surface area contributed by atoms with Crippen molar-refractivity contribution in [3.05, 3.63) is 107 Å². The number of ether oxygens (including phenoxy) is 1. The van der Waals surface area contributed by atoms with E-state index in [0.29, 0.717) is 38.2 Å². The maximum absolute atomic E-state index is 13.2. The minimum Gasteiger partial charge on any atom is -0.489 e. The summed E-state index contributed by atoms with van der Waals surface area (Å²) >= 11 is 0. The zero-order chi connectivity index (χ0) is 26.5. The van der Waals surface area contributed by atoms with E-state index in [2.05, 4.69) is 10.3 Å². The first kappa shape index (κ1) is 25.4. The number of carbonyl (C=O) groups excluding carboxylic acids is 2. The number of rotatable bonds is 10. The van der Waals surface area contributed by atoms with Gasteiger partial charge in [-0.25, -0.2) is 5.48 Å². The smallest absolute Gasteiger partial charge is 0.247 e. The molecule has 1 heterocycles. The quantitative estimate of drug-likeness (QED) is 0.215. The van der Waals surface area contributed by atoms with Gasteiger partial charge in [-0.2, -0.15) is 0 Å². The average Bonchev–Trinajstić information content (AvgIpc) is 3.67. The van der Waals surface area contributed by atoms with Crippen LogP contribution in [0.4, 0.5) is 0 Å². The number of pyridine rings is 1. The largest absolute Gasteiger partial charge is 0.489 e. The van der Waals surface area contributed by atoms with Crippen LogP contribution >= 0.6 is 0 Å². The molecule has 0 aliphatic heterocycles. The summed E-state index contributed by atoms with van der Waals surface area (Å²) in [5.74, 6) is -0.539. The molecule has 4 aromatic rings. The Kier molecular flexibility index (Phi) is 7.38. The number of hydroxylamine groups is 1. The zero-order valence-corrected chi connectivity index (χ0v) is 21.3. The van der Waals surface area contributed by atoms with Gasteiger partial charge >= 0.3 is 0 Å². The van der Waals surface area contributed by atoms with E-state index in [0.717, 1.165) is 33.3 Å². The first-order valence-corrected chi connectivity index (χ1v) is 12.8. The van der Waals surface area contributed by atoms with Crippen molar-refractivity contribution in [2.75, 3.05) is 6.54 Å². The van der Waals surface area contributed by atoms with E-state index in [4.69, 9.17) is 4.74 Å². The summed E-state index contributed by atoms with van der Waals surface area (Å²) in [6.45, 7) is 2.87. The highest BCUT2D eigenvalue weighted by atomic mass is 16.5. The number of nitrogens with one attached hydrogen (secondary N) is 2. The van der Waals surface area contributed by atoms with Gasteiger partial charge in [0, 0.05) is 23.2 Å². The Hall–Kier alpha value is -4.23. The second-order valence-electron chi connectivity index (χ2n) is 9.93.